The molecule has 19 heavy (non-hydrogen) atoms. The molecule has 0 aliphatic heterocycles. The maximum Gasteiger partial charge on any atom is 0.341 e. The number of aliphatic carboxylic acids is 1. The van der Waals surface area contributed by atoms with Crippen LogP contribution < -0.4 is 4.74 Å². The number of hydrogen-bond donors (Lipinski definition) is 1. The number of carbonyl (C=O) groups is 2. The van der Waals surface area contributed by atoms with Crippen LogP contribution in [0.2, 0.25) is 0 Å². The lowest BCUT2D eigenvalue weighted by molar-refractivity contribution is -0.385. The number of fused-ring (bicyclic) bond motifs is 1. The van der Waals surface area contributed by atoms with Crippen LogP contribution in [0.3, 0.4) is 0 Å². The van der Waals surface area contributed by atoms with Gasteiger partial charge in [0.1, 0.15) is 5.75 Å². The summed E-state index contributed by atoms with van der Waals surface area (Å²) in [5.41, 5.74) is 0.372. The summed E-state index contributed by atoms with van der Waals surface area (Å²) in [5.74, 6) is -1.31. The normalized spacial score (nSPS) is 13.8. The van der Waals surface area contributed by atoms with Gasteiger partial charge in [-0.3, -0.25) is 14.9 Å². The molecule has 0 heterocycles. The Kier molecular flexibility index (Phi) is 3.46. The minimum Gasteiger partial charge on any atom is -0.481 e. The minimum absolute atomic E-state index is 0.104. The van der Waals surface area contributed by atoms with E-state index in [9.17, 15) is 19.7 Å². The van der Waals surface area contributed by atoms with Crippen LogP contribution in [0.25, 0.3) is 0 Å². The summed E-state index contributed by atoms with van der Waals surface area (Å²) in [4.78, 5) is 32.7. The first-order chi connectivity index (χ1) is 9.00. The van der Waals surface area contributed by atoms with Gasteiger partial charge >= 0.3 is 5.97 Å². The maximum atomic E-state index is 11.9. The standard InChI is InChI=1S/C12H11NO6/c14-9-3-1-2-7-8(13(17)18)4-5-10(12(7)9)19-6-11(15)16/h4-5H,1-3,6H2,(H,15,16). The van der Waals surface area contributed by atoms with Crippen LogP contribution in [0.4, 0.5) is 5.69 Å². The number of carboxylic acids is 1. The summed E-state index contributed by atoms with van der Waals surface area (Å²) < 4.78 is 5.03. The van der Waals surface area contributed by atoms with Crippen LogP contribution >= 0.6 is 0 Å². The Labute approximate surface area is 107 Å². The van der Waals surface area contributed by atoms with Crippen molar-refractivity contribution in [3.05, 3.63) is 33.4 Å². The van der Waals surface area contributed by atoms with E-state index >= 15 is 0 Å². The number of ketones is 1. The van der Waals surface area contributed by atoms with Crippen molar-refractivity contribution < 1.29 is 24.4 Å². The second kappa shape index (κ2) is 5.05. The molecule has 0 saturated carbocycles. The van der Waals surface area contributed by atoms with Gasteiger partial charge in [0.05, 0.1) is 10.5 Å². The SMILES string of the molecule is O=C(O)COc1ccc([N+](=O)[O-])c2c1C(=O)CCC2. The average Bonchev–Trinajstić information content (AvgIpc) is 2.35. The molecule has 1 aromatic rings. The molecule has 100 valence electrons. The number of nitro benzene ring substituents is 1. The number of rotatable bonds is 4. The highest BCUT2D eigenvalue weighted by Crippen LogP contribution is 2.35. The Hall–Kier alpha value is -2.44. The van der Waals surface area contributed by atoms with Gasteiger partial charge in [0.25, 0.3) is 5.69 Å². The second-order valence-electron chi connectivity index (χ2n) is 4.15. The van der Waals surface area contributed by atoms with Gasteiger partial charge in [-0.2, -0.15) is 0 Å². The summed E-state index contributed by atoms with van der Waals surface area (Å²) in [7, 11) is 0. The van der Waals surface area contributed by atoms with Gasteiger partial charge in [-0.15, -0.1) is 0 Å². The van der Waals surface area contributed by atoms with Gasteiger partial charge in [0, 0.05) is 18.1 Å². The first kappa shape index (κ1) is 13.0. The lowest BCUT2D eigenvalue weighted by atomic mass is 9.88. The predicted molar refractivity (Wildman–Crippen MR) is 63.5 cm³/mol. The second-order valence-corrected chi connectivity index (χ2v) is 4.15. The van der Waals surface area contributed by atoms with Crippen molar-refractivity contribution in [1.82, 2.24) is 0 Å². The molecule has 1 aliphatic carbocycles. The van der Waals surface area contributed by atoms with Crippen molar-refractivity contribution in [1.29, 1.82) is 0 Å². The first-order valence-corrected chi connectivity index (χ1v) is 5.68. The highest BCUT2D eigenvalue weighted by atomic mass is 16.6. The van der Waals surface area contributed by atoms with E-state index in [0.717, 1.165) is 0 Å². The van der Waals surface area contributed by atoms with Crippen LogP contribution in [-0.4, -0.2) is 28.4 Å². The van der Waals surface area contributed by atoms with E-state index in [2.05, 4.69) is 0 Å². The van der Waals surface area contributed by atoms with Crippen molar-refractivity contribution in [2.24, 2.45) is 0 Å². The number of benzene rings is 1. The highest BCUT2D eigenvalue weighted by molar-refractivity contribution is 6.02. The number of carbonyl (C=O) groups excluding carboxylic acids is 1. The molecule has 0 spiro atoms. The van der Waals surface area contributed by atoms with Crippen molar-refractivity contribution >= 4 is 17.4 Å². The van der Waals surface area contributed by atoms with Crippen LogP contribution in [0.15, 0.2) is 12.1 Å². The number of nitro groups is 1. The van der Waals surface area contributed by atoms with Gasteiger partial charge in [0.2, 0.25) is 0 Å². The molecule has 0 fully saturated rings. The van der Waals surface area contributed by atoms with Crippen LogP contribution in [0, 0.1) is 10.1 Å². The number of ether oxygens (including phenoxy) is 1. The van der Waals surface area contributed by atoms with Gasteiger partial charge < -0.3 is 9.84 Å². The number of Topliss-reactive ketones (excluding diaryl/α,β-unsaturated/α-hetero) is 1. The zero-order chi connectivity index (χ0) is 14.0. The van der Waals surface area contributed by atoms with Crippen molar-refractivity contribution in [3.8, 4) is 5.75 Å². The zero-order valence-electron chi connectivity index (χ0n) is 9.92. The molecule has 0 atom stereocenters. The Morgan fingerprint density at radius 2 is 2.16 bits per heavy atom. The van der Waals surface area contributed by atoms with Gasteiger partial charge in [-0.25, -0.2) is 4.79 Å². The molecule has 0 bridgehead atoms. The van der Waals surface area contributed by atoms with Crippen LogP contribution in [-0.2, 0) is 11.2 Å². The van der Waals surface area contributed by atoms with Crippen molar-refractivity contribution in [3.63, 3.8) is 0 Å². The third-order valence-electron chi connectivity index (χ3n) is 2.91. The van der Waals surface area contributed by atoms with Crippen LogP contribution in [0.1, 0.15) is 28.8 Å². The summed E-state index contributed by atoms with van der Waals surface area (Å²) >= 11 is 0. The van der Waals surface area contributed by atoms with Crippen LogP contribution in [0.5, 0.6) is 5.75 Å². The van der Waals surface area contributed by atoms with E-state index in [0.29, 0.717) is 18.4 Å². The van der Waals surface area contributed by atoms with Gasteiger partial charge in [0.15, 0.2) is 12.4 Å². The van der Waals surface area contributed by atoms with E-state index in [1.807, 2.05) is 0 Å². The van der Waals surface area contributed by atoms with E-state index < -0.39 is 17.5 Å². The quantitative estimate of drug-likeness (QED) is 0.654. The first-order valence-electron chi connectivity index (χ1n) is 5.68. The predicted octanol–water partition coefficient (Wildman–Crippen LogP) is 1.58. The van der Waals surface area contributed by atoms with E-state index in [1.54, 1.807) is 0 Å². The Morgan fingerprint density at radius 3 is 2.79 bits per heavy atom. The molecule has 0 saturated heterocycles. The Morgan fingerprint density at radius 1 is 1.42 bits per heavy atom. The molecule has 0 aromatic heterocycles. The van der Waals surface area contributed by atoms with E-state index in [1.165, 1.54) is 12.1 Å². The lowest BCUT2D eigenvalue weighted by Gasteiger charge is -2.17. The third-order valence-corrected chi connectivity index (χ3v) is 2.91. The smallest absolute Gasteiger partial charge is 0.341 e. The fourth-order valence-electron chi connectivity index (χ4n) is 2.16. The molecular weight excluding hydrogens is 254 g/mol. The van der Waals surface area contributed by atoms with Crippen molar-refractivity contribution in [2.45, 2.75) is 19.3 Å². The molecular formula is C12H11NO6. The number of nitrogens with zero attached hydrogens (tertiary/aromatic N) is 1. The molecule has 1 aromatic carbocycles. The molecule has 2 rings (SSSR count). The topological polar surface area (TPSA) is 107 Å². The largest absolute Gasteiger partial charge is 0.481 e. The third kappa shape index (κ3) is 2.54. The van der Waals surface area contributed by atoms with Gasteiger partial charge in [-0.1, -0.05) is 0 Å². The summed E-state index contributed by atoms with van der Waals surface area (Å²) in [5, 5.41) is 19.5. The summed E-state index contributed by atoms with van der Waals surface area (Å²) in [6.45, 7) is -0.586. The molecule has 0 amide bonds. The Bertz CT molecular complexity index is 566. The summed E-state index contributed by atoms with van der Waals surface area (Å²) in [6.07, 6.45) is 1.26. The van der Waals surface area contributed by atoms with E-state index in [-0.39, 0.29) is 29.2 Å². The minimum atomic E-state index is -1.17. The van der Waals surface area contributed by atoms with Gasteiger partial charge in [-0.05, 0) is 18.9 Å². The monoisotopic (exact) mass is 265 g/mol. The fourth-order valence-corrected chi connectivity index (χ4v) is 2.16. The summed E-state index contributed by atoms with van der Waals surface area (Å²) in [6, 6.07) is 2.53. The fraction of sp³-hybridized carbons (Fsp3) is 0.333. The molecule has 0 radical (unpaired) electrons. The molecule has 1 N–H and O–H groups in total. The van der Waals surface area contributed by atoms with Crippen molar-refractivity contribution in [2.75, 3.05) is 6.61 Å². The Balaban J connectivity index is 2.48. The molecule has 0 unspecified atom stereocenters. The van der Waals surface area contributed by atoms with E-state index in [4.69, 9.17) is 9.84 Å². The molecule has 1 aliphatic rings. The molecule has 7 nitrogen and oxygen atoms in total. The highest BCUT2D eigenvalue weighted by Gasteiger charge is 2.29. The maximum absolute atomic E-state index is 11.9. The zero-order valence-corrected chi connectivity index (χ0v) is 9.92. The number of hydrogen-bond acceptors (Lipinski definition) is 5. The lowest BCUT2D eigenvalue weighted by Crippen LogP contribution is -2.17. The number of carboxylic acid groups (broad SMARTS) is 1. The average molecular weight is 265 g/mol. The molecule has 7 heteroatoms.